The fourth-order valence-electron chi connectivity index (χ4n) is 4.01. The number of nitrogens with zero attached hydrogens (tertiary/aromatic N) is 2. The van der Waals surface area contributed by atoms with E-state index in [1.54, 1.807) is 0 Å². The molecule has 1 aromatic heterocycles. The summed E-state index contributed by atoms with van der Waals surface area (Å²) in [7, 11) is 0. The number of anilines is 1. The second-order valence-electron chi connectivity index (χ2n) is 8.92. The van der Waals surface area contributed by atoms with E-state index in [4.69, 9.17) is 14.5 Å². The summed E-state index contributed by atoms with van der Waals surface area (Å²) < 4.78 is 13.7. The number of imidazole rings is 1. The Kier molecular flexibility index (Phi) is 6.21. The molecule has 6 nitrogen and oxygen atoms in total. The Balaban J connectivity index is 1.82. The number of hydrogen-bond acceptors (Lipinski definition) is 5. The highest BCUT2D eigenvalue weighted by molar-refractivity contribution is 5.94. The molecule has 0 saturated heterocycles. The SMILES string of the molecule is CC1=C(C(=O)OC(C)C)[C@H](c2cccc(OCCC(C)C)c2)n2c(nc3ccccc32)N1. The van der Waals surface area contributed by atoms with E-state index in [9.17, 15) is 4.79 Å². The number of ether oxygens (including phenoxy) is 2. The van der Waals surface area contributed by atoms with E-state index in [1.165, 1.54) is 0 Å². The third-order valence-corrected chi connectivity index (χ3v) is 5.53. The van der Waals surface area contributed by atoms with Crippen molar-refractivity contribution in [3.63, 3.8) is 0 Å². The van der Waals surface area contributed by atoms with Gasteiger partial charge in [0.15, 0.2) is 0 Å². The van der Waals surface area contributed by atoms with Gasteiger partial charge < -0.3 is 14.8 Å². The van der Waals surface area contributed by atoms with E-state index < -0.39 is 0 Å². The highest BCUT2D eigenvalue weighted by atomic mass is 16.5. The van der Waals surface area contributed by atoms with Crippen LogP contribution in [0, 0.1) is 5.92 Å². The maximum Gasteiger partial charge on any atom is 0.338 e. The van der Waals surface area contributed by atoms with Crippen molar-refractivity contribution in [2.24, 2.45) is 5.92 Å². The number of carbonyl (C=O) groups excluding carboxylic acids is 1. The molecule has 0 aliphatic carbocycles. The molecular formula is C26H31N3O3. The van der Waals surface area contributed by atoms with Crippen molar-refractivity contribution in [2.45, 2.75) is 53.2 Å². The van der Waals surface area contributed by atoms with Gasteiger partial charge in [0.1, 0.15) is 5.75 Å². The Morgan fingerprint density at radius 2 is 1.91 bits per heavy atom. The molecule has 6 heteroatoms. The number of fused-ring (bicyclic) bond motifs is 3. The van der Waals surface area contributed by atoms with Gasteiger partial charge in [0.05, 0.1) is 35.4 Å². The first-order chi connectivity index (χ1) is 15.3. The molecule has 168 valence electrons. The number of esters is 1. The highest BCUT2D eigenvalue weighted by Gasteiger charge is 2.35. The minimum absolute atomic E-state index is 0.213. The van der Waals surface area contributed by atoms with Gasteiger partial charge in [-0.25, -0.2) is 9.78 Å². The lowest BCUT2D eigenvalue weighted by Crippen LogP contribution is -2.30. The van der Waals surface area contributed by atoms with Crippen LogP contribution < -0.4 is 10.1 Å². The van der Waals surface area contributed by atoms with Gasteiger partial charge in [-0.2, -0.15) is 0 Å². The molecule has 0 saturated carbocycles. The second kappa shape index (κ2) is 9.07. The van der Waals surface area contributed by atoms with Crippen molar-refractivity contribution >= 4 is 23.0 Å². The Hall–Kier alpha value is -3.28. The predicted molar refractivity (Wildman–Crippen MR) is 127 cm³/mol. The maximum atomic E-state index is 13.2. The monoisotopic (exact) mass is 433 g/mol. The minimum atomic E-state index is -0.376. The average molecular weight is 434 g/mol. The third-order valence-electron chi connectivity index (χ3n) is 5.53. The van der Waals surface area contributed by atoms with Gasteiger partial charge in [-0.1, -0.05) is 38.1 Å². The average Bonchev–Trinajstić information content (AvgIpc) is 3.10. The number of benzene rings is 2. The van der Waals surface area contributed by atoms with E-state index in [0.29, 0.717) is 24.0 Å². The molecule has 4 rings (SSSR count). The van der Waals surface area contributed by atoms with Crippen molar-refractivity contribution in [1.29, 1.82) is 0 Å². The van der Waals surface area contributed by atoms with Gasteiger partial charge >= 0.3 is 5.97 Å². The van der Waals surface area contributed by atoms with Crippen LogP contribution in [0.1, 0.15) is 52.6 Å². The molecule has 0 radical (unpaired) electrons. The summed E-state index contributed by atoms with van der Waals surface area (Å²) in [4.78, 5) is 18.0. The van der Waals surface area contributed by atoms with Crippen LogP contribution in [0.4, 0.5) is 5.95 Å². The quantitative estimate of drug-likeness (QED) is 0.484. The van der Waals surface area contributed by atoms with Crippen LogP contribution in [0.3, 0.4) is 0 Å². The summed E-state index contributed by atoms with van der Waals surface area (Å²) in [6.07, 6.45) is 0.772. The van der Waals surface area contributed by atoms with Crippen molar-refractivity contribution in [1.82, 2.24) is 9.55 Å². The third kappa shape index (κ3) is 4.35. The Morgan fingerprint density at radius 1 is 1.12 bits per heavy atom. The van der Waals surface area contributed by atoms with Crippen LogP contribution in [-0.2, 0) is 9.53 Å². The predicted octanol–water partition coefficient (Wildman–Crippen LogP) is 5.70. The highest BCUT2D eigenvalue weighted by Crippen LogP contribution is 2.40. The molecule has 0 fully saturated rings. The summed E-state index contributed by atoms with van der Waals surface area (Å²) in [6, 6.07) is 15.6. The van der Waals surface area contributed by atoms with E-state index in [-0.39, 0.29) is 18.1 Å². The summed E-state index contributed by atoms with van der Waals surface area (Å²) in [5.41, 5.74) is 4.10. The molecule has 3 aromatic rings. The molecule has 2 heterocycles. The zero-order valence-electron chi connectivity index (χ0n) is 19.4. The molecule has 1 atom stereocenters. The molecule has 0 amide bonds. The lowest BCUT2D eigenvalue weighted by Gasteiger charge is -2.30. The first-order valence-corrected chi connectivity index (χ1v) is 11.2. The zero-order chi connectivity index (χ0) is 22.8. The fraction of sp³-hybridized carbons (Fsp3) is 0.385. The first kappa shape index (κ1) is 21.9. The number of hydrogen-bond donors (Lipinski definition) is 1. The number of carbonyl (C=O) groups is 1. The van der Waals surface area contributed by atoms with E-state index in [1.807, 2.05) is 69.3 Å². The Bertz CT molecular complexity index is 1160. The molecule has 0 spiro atoms. The maximum absolute atomic E-state index is 13.2. The van der Waals surface area contributed by atoms with Crippen molar-refractivity contribution in [3.05, 3.63) is 65.4 Å². The summed E-state index contributed by atoms with van der Waals surface area (Å²) >= 11 is 0. The van der Waals surface area contributed by atoms with Gasteiger partial charge in [-0.05, 0) is 62.9 Å². The number of nitrogens with one attached hydrogen (secondary N) is 1. The first-order valence-electron chi connectivity index (χ1n) is 11.2. The van der Waals surface area contributed by atoms with Gasteiger partial charge in [-0.3, -0.25) is 4.57 Å². The van der Waals surface area contributed by atoms with Crippen LogP contribution in [0.15, 0.2) is 59.8 Å². The van der Waals surface area contributed by atoms with Gasteiger partial charge in [-0.15, -0.1) is 0 Å². The Morgan fingerprint density at radius 3 is 2.66 bits per heavy atom. The van der Waals surface area contributed by atoms with Gasteiger partial charge in [0, 0.05) is 5.70 Å². The molecular weight excluding hydrogens is 402 g/mol. The smallest absolute Gasteiger partial charge is 0.338 e. The van der Waals surface area contributed by atoms with Crippen LogP contribution in [0.2, 0.25) is 0 Å². The van der Waals surface area contributed by atoms with Crippen LogP contribution >= 0.6 is 0 Å². The minimum Gasteiger partial charge on any atom is -0.494 e. The lowest BCUT2D eigenvalue weighted by atomic mass is 9.95. The molecule has 0 bridgehead atoms. The summed E-state index contributed by atoms with van der Waals surface area (Å²) in [5, 5.41) is 3.31. The van der Waals surface area contributed by atoms with Crippen molar-refractivity contribution < 1.29 is 14.3 Å². The topological polar surface area (TPSA) is 65.4 Å². The fourth-order valence-corrected chi connectivity index (χ4v) is 4.01. The van der Waals surface area contributed by atoms with Crippen molar-refractivity contribution in [3.8, 4) is 5.75 Å². The number of para-hydroxylation sites is 2. The normalized spacial score (nSPS) is 15.8. The van der Waals surface area contributed by atoms with E-state index >= 15 is 0 Å². The lowest BCUT2D eigenvalue weighted by molar-refractivity contribution is -0.143. The number of rotatable bonds is 7. The zero-order valence-corrected chi connectivity index (χ0v) is 19.4. The molecule has 1 N–H and O–H groups in total. The standard InChI is InChI=1S/C26H31N3O3/c1-16(2)13-14-31-20-10-8-9-19(15-20)24-23(25(30)32-17(3)4)18(5)27-26-28-21-11-6-7-12-22(21)29(24)26/h6-12,15-17,24H,13-14H2,1-5H3,(H,27,28)/t24-/m0/s1. The summed E-state index contributed by atoms with van der Waals surface area (Å²) in [6.45, 7) is 10.6. The van der Waals surface area contributed by atoms with Gasteiger partial charge in [0.25, 0.3) is 0 Å². The number of aromatic nitrogens is 2. The molecule has 1 aliphatic heterocycles. The largest absolute Gasteiger partial charge is 0.494 e. The van der Waals surface area contributed by atoms with Crippen molar-refractivity contribution in [2.75, 3.05) is 11.9 Å². The molecule has 1 aliphatic rings. The van der Waals surface area contributed by atoms with Gasteiger partial charge in [0.2, 0.25) is 5.95 Å². The van der Waals surface area contributed by atoms with E-state index in [2.05, 4.69) is 23.7 Å². The van der Waals surface area contributed by atoms with E-state index in [0.717, 1.165) is 34.5 Å². The number of allylic oxidation sites excluding steroid dienone is 1. The Labute approximate surface area is 189 Å². The van der Waals surface area contributed by atoms with Crippen LogP contribution in [0.25, 0.3) is 11.0 Å². The molecule has 2 aromatic carbocycles. The molecule has 0 unspecified atom stereocenters. The van der Waals surface area contributed by atoms with Crippen LogP contribution in [0.5, 0.6) is 5.75 Å². The van der Waals surface area contributed by atoms with Crippen LogP contribution in [-0.4, -0.2) is 28.2 Å². The second-order valence-corrected chi connectivity index (χ2v) is 8.92. The summed E-state index contributed by atoms with van der Waals surface area (Å²) in [5.74, 6) is 1.75. The molecule has 32 heavy (non-hydrogen) atoms.